The second-order valence-corrected chi connectivity index (χ2v) is 5.65. The van der Waals surface area contributed by atoms with Crippen molar-refractivity contribution in [3.05, 3.63) is 10.4 Å². The van der Waals surface area contributed by atoms with E-state index in [2.05, 4.69) is 30.6 Å². The maximum atomic E-state index is 11.8. The zero-order valence-electron chi connectivity index (χ0n) is 11.5. The van der Waals surface area contributed by atoms with Crippen molar-refractivity contribution in [3.8, 4) is 6.07 Å². The van der Waals surface area contributed by atoms with E-state index in [1.807, 2.05) is 6.92 Å². The number of carbonyl (C=O) groups is 1. The zero-order chi connectivity index (χ0) is 14.4. The first kappa shape index (κ1) is 15.3. The van der Waals surface area contributed by atoms with Crippen LogP contribution in [-0.2, 0) is 0 Å². The number of hydrogen-bond donors (Lipinski definition) is 3. The van der Waals surface area contributed by atoms with Crippen molar-refractivity contribution in [3.63, 3.8) is 0 Å². The van der Waals surface area contributed by atoms with Gasteiger partial charge in [0.25, 0.3) is 5.91 Å². The molecule has 0 aliphatic heterocycles. The third kappa shape index (κ3) is 3.86. The number of thiophene rings is 1. The molecule has 4 N–H and O–H groups in total. The smallest absolute Gasteiger partial charge is 0.263 e. The molecule has 104 valence electrons. The Bertz CT molecular complexity index is 488. The Labute approximate surface area is 117 Å². The number of nitrogen functional groups attached to an aromatic ring is 1. The van der Waals surface area contributed by atoms with Crippen molar-refractivity contribution in [2.24, 2.45) is 5.92 Å². The van der Waals surface area contributed by atoms with Crippen molar-refractivity contribution in [2.75, 3.05) is 24.1 Å². The molecule has 0 spiro atoms. The van der Waals surface area contributed by atoms with Gasteiger partial charge >= 0.3 is 0 Å². The number of nitrogens with one attached hydrogen (secondary N) is 2. The van der Waals surface area contributed by atoms with E-state index in [0.29, 0.717) is 27.9 Å². The van der Waals surface area contributed by atoms with Gasteiger partial charge in [0.2, 0.25) is 0 Å². The molecule has 0 aromatic carbocycles. The van der Waals surface area contributed by atoms with Gasteiger partial charge in [-0.25, -0.2) is 0 Å². The van der Waals surface area contributed by atoms with E-state index in [1.165, 1.54) is 11.3 Å². The lowest BCUT2D eigenvalue weighted by Gasteiger charge is -2.06. The van der Waals surface area contributed by atoms with Crippen molar-refractivity contribution in [1.29, 1.82) is 5.26 Å². The Morgan fingerprint density at radius 3 is 2.74 bits per heavy atom. The number of nitrogens with two attached hydrogens (primary N) is 1. The van der Waals surface area contributed by atoms with Crippen molar-refractivity contribution in [1.82, 2.24) is 5.32 Å². The molecule has 0 saturated heterocycles. The van der Waals surface area contributed by atoms with Gasteiger partial charge in [-0.15, -0.1) is 11.3 Å². The number of amides is 1. The van der Waals surface area contributed by atoms with Crippen LogP contribution in [0, 0.1) is 17.2 Å². The number of hydrogen-bond acceptors (Lipinski definition) is 5. The Hall–Kier alpha value is -1.74. The fraction of sp³-hybridized carbons (Fsp3) is 0.538. The number of nitriles is 1. The molecule has 5 nitrogen and oxygen atoms in total. The number of rotatable bonds is 6. The van der Waals surface area contributed by atoms with Crippen molar-refractivity contribution in [2.45, 2.75) is 27.2 Å². The second kappa shape index (κ2) is 7.00. The summed E-state index contributed by atoms with van der Waals surface area (Å²) in [5.74, 6) is 0.358. The summed E-state index contributed by atoms with van der Waals surface area (Å²) in [5.41, 5.74) is 6.50. The van der Waals surface area contributed by atoms with Crippen LogP contribution in [0.1, 0.15) is 42.4 Å². The molecular weight excluding hydrogens is 260 g/mol. The van der Waals surface area contributed by atoms with E-state index in [1.54, 1.807) is 0 Å². The molecule has 1 amide bonds. The van der Waals surface area contributed by atoms with E-state index in [-0.39, 0.29) is 11.6 Å². The van der Waals surface area contributed by atoms with Crippen LogP contribution in [0.4, 0.5) is 10.7 Å². The Morgan fingerprint density at radius 1 is 1.53 bits per heavy atom. The summed E-state index contributed by atoms with van der Waals surface area (Å²) in [6.07, 6.45) is 0.999. The Kier molecular flexibility index (Phi) is 5.64. The van der Waals surface area contributed by atoms with Crippen LogP contribution in [0.2, 0.25) is 0 Å². The molecule has 0 radical (unpaired) electrons. The normalized spacial score (nSPS) is 10.3. The van der Waals surface area contributed by atoms with Crippen LogP contribution in [0.25, 0.3) is 0 Å². The van der Waals surface area contributed by atoms with Gasteiger partial charge in [-0.3, -0.25) is 4.79 Å². The molecule has 1 rings (SSSR count). The lowest BCUT2D eigenvalue weighted by molar-refractivity contribution is 0.0960. The van der Waals surface area contributed by atoms with E-state index in [4.69, 9.17) is 11.0 Å². The molecule has 6 heteroatoms. The van der Waals surface area contributed by atoms with Gasteiger partial charge in [0, 0.05) is 13.1 Å². The first-order chi connectivity index (χ1) is 9.01. The highest BCUT2D eigenvalue weighted by Gasteiger charge is 2.20. The minimum atomic E-state index is -0.224. The standard InChI is InChI=1S/C13H20N4OS/c1-4-16-12(18)11-10(15)9(7-14)13(19-11)17-6-5-8(2)3/h8,17H,4-6,15H2,1-3H3,(H,16,18). The van der Waals surface area contributed by atoms with Crippen LogP contribution in [-0.4, -0.2) is 19.0 Å². The summed E-state index contributed by atoms with van der Waals surface area (Å²) in [7, 11) is 0. The molecule has 1 aromatic heterocycles. The molecule has 0 unspecified atom stereocenters. The summed E-state index contributed by atoms with van der Waals surface area (Å²) >= 11 is 1.24. The molecular formula is C13H20N4OS. The van der Waals surface area contributed by atoms with Gasteiger partial charge in [-0.2, -0.15) is 5.26 Å². The predicted octanol–water partition coefficient (Wildman–Crippen LogP) is 2.41. The Balaban J connectivity index is 2.90. The molecule has 0 atom stereocenters. The van der Waals surface area contributed by atoms with Gasteiger partial charge in [0.15, 0.2) is 0 Å². The molecule has 19 heavy (non-hydrogen) atoms. The number of nitrogens with zero attached hydrogens (tertiary/aromatic N) is 1. The first-order valence-electron chi connectivity index (χ1n) is 6.35. The van der Waals surface area contributed by atoms with Gasteiger partial charge in [-0.1, -0.05) is 13.8 Å². The van der Waals surface area contributed by atoms with Gasteiger partial charge in [0.05, 0.1) is 5.69 Å². The highest BCUT2D eigenvalue weighted by Crippen LogP contribution is 2.35. The fourth-order valence-corrected chi connectivity index (χ4v) is 2.58. The lowest BCUT2D eigenvalue weighted by Crippen LogP contribution is -2.22. The van der Waals surface area contributed by atoms with Crippen molar-refractivity contribution >= 4 is 27.9 Å². The van der Waals surface area contributed by atoms with Crippen LogP contribution in [0.15, 0.2) is 0 Å². The molecule has 0 saturated carbocycles. The quantitative estimate of drug-likeness (QED) is 0.746. The van der Waals surface area contributed by atoms with Crippen LogP contribution in [0.3, 0.4) is 0 Å². The largest absolute Gasteiger partial charge is 0.396 e. The van der Waals surface area contributed by atoms with Crippen LogP contribution < -0.4 is 16.4 Å². The summed E-state index contributed by atoms with van der Waals surface area (Å²) in [4.78, 5) is 12.2. The maximum absolute atomic E-state index is 11.8. The Morgan fingerprint density at radius 2 is 2.21 bits per heavy atom. The summed E-state index contributed by atoms with van der Waals surface area (Å²) < 4.78 is 0. The lowest BCUT2D eigenvalue weighted by atomic mass is 10.1. The highest BCUT2D eigenvalue weighted by atomic mass is 32.1. The average Bonchev–Trinajstić information content (AvgIpc) is 2.65. The van der Waals surface area contributed by atoms with Crippen LogP contribution >= 0.6 is 11.3 Å². The molecule has 1 aromatic rings. The van der Waals surface area contributed by atoms with Gasteiger partial charge < -0.3 is 16.4 Å². The number of carbonyl (C=O) groups excluding carboxylic acids is 1. The highest BCUT2D eigenvalue weighted by molar-refractivity contribution is 7.18. The molecule has 0 aliphatic carbocycles. The van der Waals surface area contributed by atoms with Gasteiger partial charge in [-0.05, 0) is 19.3 Å². The first-order valence-corrected chi connectivity index (χ1v) is 7.17. The van der Waals surface area contributed by atoms with E-state index < -0.39 is 0 Å². The SMILES string of the molecule is CCNC(=O)c1sc(NCCC(C)C)c(C#N)c1N. The van der Waals surface area contributed by atoms with Crippen LogP contribution in [0.5, 0.6) is 0 Å². The minimum Gasteiger partial charge on any atom is -0.396 e. The monoisotopic (exact) mass is 280 g/mol. The summed E-state index contributed by atoms with van der Waals surface area (Å²) in [5, 5.41) is 15.7. The summed E-state index contributed by atoms with van der Waals surface area (Å²) in [6.45, 7) is 7.41. The molecule has 0 bridgehead atoms. The molecule has 1 heterocycles. The van der Waals surface area contributed by atoms with Crippen molar-refractivity contribution < 1.29 is 4.79 Å². The fourth-order valence-electron chi connectivity index (χ4n) is 1.56. The maximum Gasteiger partial charge on any atom is 0.263 e. The van der Waals surface area contributed by atoms with E-state index in [9.17, 15) is 4.79 Å². The topological polar surface area (TPSA) is 90.9 Å². The predicted molar refractivity (Wildman–Crippen MR) is 79.4 cm³/mol. The van der Waals surface area contributed by atoms with E-state index in [0.717, 1.165) is 13.0 Å². The summed E-state index contributed by atoms with van der Waals surface area (Å²) in [6, 6.07) is 2.06. The third-order valence-electron chi connectivity index (χ3n) is 2.61. The molecule has 0 aliphatic rings. The van der Waals surface area contributed by atoms with Gasteiger partial charge in [0.1, 0.15) is 21.5 Å². The second-order valence-electron chi connectivity index (χ2n) is 4.63. The number of anilines is 2. The minimum absolute atomic E-state index is 0.224. The molecule has 0 fully saturated rings. The average molecular weight is 280 g/mol. The third-order valence-corrected chi connectivity index (χ3v) is 3.77. The van der Waals surface area contributed by atoms with E-state index >= 15 is 0 Å². The zero-order valence-corrected chi connectivity index (χ0v) is 12.4.